The molecule has 1 N–H and O–H groups in total. The number of ether oxygens (including phenoxy) is 1. The number of fused-ring (bicyclic) bond motifs is 1. The van der Waals surface area contributed by atoms with Crippen LogP contribution in [0, 0.1) is 13.8 Å². The lowest BCUT2D eigenvalue weighted by atomic mass is 9.86. The molecule has 1 aromatic carbocycles. The smallest absolute Gasteiger partial charge is 0.241 e. The van der Waals surface area contributed by atoms with Crippen LogP contribution in [0.15, 0.2) is 17.2 Å². The van der Waals surface area contributed by atoms with Gasteiger partial charge >= 0.3 is 0 Å². The molecular weight excluding hydrogens is 302 g/mol. The van der Waals surface area contributed by atoms with Gasteiger partial charge in [-0.3, -0.25) is 9.69 Å². The second-order valence-corrected chi connectivity index (χ2v) is 6.76. The molecule has 3 rings (SSSR count). The van der Waals surface area contributed by atoms with E-state index in [0.29, 0.717) is 6.42 Å². The van der Waals surface area contributed by atoms with Crippen LogP contribution < -0.4 is 5.43 Å². The van der Waals surface area contributed by atoms with E-state index in [-0.39, 0.29) is 5.91 Å². The van der Waals surface area contributed by atoms with E-state index < -0.39 is 0 Å². The summed E-state index contributed by atoms with van der Waals surface area (Å²) in [4.78, 5) is 14.4. The molecule has 1 amide bonds. The monoisotopic (exact) mass is 329 g/mol. The molecule has 0 bridgehead atoms. The number of amides is 1. The largest absolute Gasteiger partial charge is 0.379 e. The first kappa shape index (κ1) is 17.1. The molecule has 24 heavy (non-hydrogen) atoms. The summed E-state index contributed by atoms with van der Waals surface area (Å²) in [6.07, 6.45) is 3.61. The highest BCUT2D eigenvalue weighted by Gasteiger charge is 2.18. The lowest BCUT2D eigenvalue weighted by molar-refractivity contribution is -0.121. The molecule has 1 aliphatic heterocycles. The fourth-order valence-electron chi connectivity index (χ4n) is 3.54. The third kappa shape index (κ3) is 4.22. The van der Waals surface area contributed by atoms with Crippen LogP contribution in [0.3, 0.4) is 0 Å². The SMILES string of the molecule is Cc1cc(C)c2c(c1)C(=NNC(=O)CCN1CCOCC1)CCC2. The Labute approximate surface area is 144 Å². The molecule has 1 aromatic rings. The van der Waals surface area contributed by atoms with E-state index in [4.69, 9.17) is 4.74 Å². The Balaban J connectivity index is 1.60. The van der Waals surface area contributed by atoms with Crippen LogP contribution in [-0.2, 0) is 16.0 Å². The van der Waals surface area contributed by atoms with Crippen LogP contribution in [0.25, 0.3) is 0 Å². The number of hydrazone groups is 1. The second-order valence-electron chi connectivity index (χ2n) is 6.76. The fourth-order valence-corrected chi connectivity index (χ4v) is 3.54. The minimum atomic E-state index is -0.00881. The van der Waals surface area contributed by atoms with Gasteiger partial charge < -0.3 is 4.74 Å². The highest BCUT2D eigenvalue weighted by atomic mass is 16.5. The van der Waals surface area contributed by atoms with E-state index in [0.717, 1.165) is 57.8 Å². The summed E-state index contributed by atoms with van der Waals surface area (Å²) in [6, 6.07) is 4.42. The average molecular weight is 329 g/mol. The molecule has 5 nitrogen and oxygen atoms in total. The maximum atomic E-state index is 12.1. The van der Waals surface area contributed by atoms with Gasteiger partial charge in [-0.25, -0.2) is 5.43 Å². The van der Waals surface area contributed by atoms with Crippen molar-refractivity contribution in [1.82, 2.24) is 10.3 Å². The van der Waals surface area contributed by atoms with Crippen LogP contribution in [0.1, 0.15) is 41.5 Å². The number of carbonyl (C=O) groups excluding carboxylic acids is 1. The Morgan fingerprint density at radius 2 is 2.04 bits per heavy atom. The number of hydrogen-bond donors (Lipinski definition) is 1. The number of hydrogen-bond acceptors (Lipinski definition) is 4. The maximum absolute atomic E-state index is 12.1. The molecule has 0 radical (unpaired) electrons. The van der Waals surface area contributed by atoms with E-state index >= 15 is 0 Å². The van der Waals surface area contributed by atoms with E-state index in [1.165, 1.54) is 22.3 Å². The second kappa shape index (κ2) is 7.90. The average Bonchev–Trinajstić information content (AvgIpc) is 2.59. The lowest BCUT2D eigenvalue weighted by Crippen LogP contribution is -2.38. The van der Waals surface area contributed by atoms with Gasteiger partial charge in [0.05, 0.1) is 18.9 Å². The zero-order valence-corrected chi connectivity index (χ0v) is 14.7. The summed E-state index contributed by atoms with van der Waals surface area (Å²) < 4.78 is 5.32. The van der Waals surface area contributed by atoms with E-state index in [2.05, 4.69) is 41.4 Å². The van der Waals surface area contributed by atoms with Crippen LogP contribution >= 0.6 is 0 Å². The quantitative estimate of drug-likeness (QED) is 0.862. The molecule has 0 unspecified atom stereocenters. The molecule has 130 valence electrons. The molecule has 1 heterocycles. The van der Waals surface area contributed by atoms with Gasteiger partial charge in [0.2, 0.25) is 5.91 Å². The molecule has 2 aliphatic rings. The predicted octanol–water partition coefficient (Wildman–Crippen LogP) is 2.18. The first-order valence-corrected chi connectivity index (χ1v) is 8.89. The van der Waals surface area contributed by atoms with Gasteiger partial charge in [0, 0.05) is 31.6 Å². The Morgan fingerprint density at radius 3 is 2.83 bits per heavy atom. The summed E-state index contributed by atoms with van der Waals surface area (Å²) in [6.45, 7) is 8.39. The van der Waals surface area contributed by atoms with Crippen LogP contribution in [-0.4, -0.2) is 49.4 Å². The van der Waals surface area contributed by atoms with E-state index in [1.54, 1.807) is 0 Å². The van der Waals surface area contributed by atoms with Crippen molar-refractivity contribution in [2.45, 2.75) is 39.5 Å². The minimum Gasteiger partial charge on any atom is -0.379 e. The minimum absolute atomic E-state index is 0.00881. The molecule has 5 heteroatoms. The predicted molar refractivity (Wildman–Crippen MR) is 95.4 cm³/mol. The molecule has 0 saturated carbocycles. The van der Waals surface area contributed by atoms with Gasteiger partial charge in [0.25, 0.3) is 0 Å². The Morgan fingerprint density at radius 1 is 1.25 bits per heavy atom. The Kier molecular flexibility index (Phi) is 5.63. The van der Waals surface area contributed by atoms with Crippen molar-refractivity contribution in [3.8, 4) is 0 Å². The molecule has 0 atom stereocenters. The van der Waals surface area contributed by atoms with Gasteiger partial charge in [-0.2, -0.15) is 5.10 Å². The molecule has 1 saturated heterocycles. The van der Waals surface area contributed by atoms with Crippen molar-refractivity contribution in [1.29, 1.82) is 0 Å². The van der Waals surface area contributed by atoms with Gasteiger partial charge in [-0.15, -0.1) is 0 Å². The first-order chi connectivity index (χ1) is 11.6. The normalized spacial score (nSPS) is 20.0. The van der Waals surface area contributed by atoms with E-state index in [1.807, 2.05) is 0 Å². The summed E-state index contributed by atoms with van der Waals surface area (Å²) in [5, 5.41) is 4.44. The Hall–Kier alpha value is -1.72. The van der Waals surface area contributed by atoms with Crippen molar-refractivity contribution in [3.63, 3.8) is 0 Å². The number of benzene rings is 1. The third-order valence-electron chi connectivity index (χ3n) is 4.84. The van der Waals surface area contributed by atoms with Crippen LogP contribution in [0.5, 0.6) is 0 Å². The number of rotatable bonds is 4. The highest BCUT2D eigenvalue weighted by molar-refractivity contribution is 6.03. The van der Waals surface area contributed by atoms with Crippen molar-refractivity contribution in [3.05, 3.63) is 34.4 Å². The third-order valence-corrected chi connectivity index (χ3v) is 4.84. The molecular formula is C19H27N3O2. The molecule has 1 fully saturated rings. The molecule has 1 aliphatic carbocycles. The van der Waals surface area contributed by atoms with Gasteiger partial charge in [0.1, 0.15) is 0 Å². The summed E-state index contributed by atoms with van der Waals surface area (Å²) in [5.74, 6) is -0.00881. The zero-order chi connectivity index (χ0) is 16.9. The van der Waals surface area contributed by atoms with Crippen molar-refractivity contribution in [2.75, 3.05) is 32.8 Å². The fraction of sp³-hybridized carbons (Fsp3) is 0.579. The van der Waals surface area contributed by atoms with Gasteiger partial charge in [0.15, 0.2) is 0 Å². The highest BCUT2D eigenvalue weighted by Crippen LogP contribution is 2.26. The number of aryl methyl sites for hydroxylation is 2. The summed E-state index contributed by atoms with van der Waals surface area (Å²) in [5.41, 5.74) is 8.96. The molecule has 0 aromatic heterocycles. The van der Waals surface area contributed by atoms with Gasteiger partial charge in [-0.05, 0) is 50.3 Å². The number of nitrogens with zero attached hydrogens (tertiary/aromatic N) is 2. The first-order valence-electron chi connectivity index (χ1n) is 8.89. The summed E-state index contributed by atoms with van der Waals surface area (Å²) >= 11 is 0. The van der Waals surface area contributed by atoms with Crippen LogP contribution in [0.2, 0.25) is 0 Å². The number of nitrogens with one attached hydrogen (secondary N) is 1. The maximum Gasteiger partial charge on any atom is 0.241 e. The lowest BCUT2D eigenvalue weighted by Gasteiger charge is -2.26. The number of carbonyl (C=O) groups is 1. The van der Waals surface area contributed by atoms with Crippen molar-refractivity contribution in [2.24, 2.45) is 5.10 Å². The topological polar surface area (TPSA) is 53.9 Å². The Bertz CT molecular complexity index is 634. The van der Waals surface area contributed by atoms with Crippen LogP contribution in [0.4, 0.5) is 0 Å². The molecule has 0 spiro atoms. The van der Waals surface area contributed by atoms with Crippen molar-refractivity contribution >= 4 is 11.6 Å². The number of morpholine rings is 1. The summed E-state index contributed by atoms with van der Waals surface area (Å²) in [7, 11) is 0. The van der Waals surface area contributed by atoms with E-state index in [9.17, 15) is 4.79 Å². The standard InChI is InChI=1S/C19H27N3O2/c1-14-12-15(2)16-4-3-5-18(17(16)13-14)20-21-19(23)6-7-22-8-10-24-11-9-22/h12-13H,3-11H2,1-2H3,(H,21,23). The van der Waals surface area contributed by atoms with Crippen molar-refractivity contribution < 1.29 is 9.53 Å². The zero-order valence-electron chi connectivity index (χ0n) is 14.7. The van der Waals surface area contributed by atoms with Gasteiger partial charge in [-0.1, -0.05) is 11.6 Å².